The van der Waals surface area contributed by atoms with E-state index in [0.717, 1.165) is 34.0 Å². The van der Waals surface area contributed by atoms with E-state index < -0.39 is 5.76 Å². The SMILES string of the molecule is COc1ccc(C2CC(c3ccc(-n4nc(C)oc4=O)cc3)=Nc3ccccc3N2)cc1. The normalized spacial score (nSPS) is 15.3. The van der Waals surface area contributed by atoms with Crippen LogP contribution in [-0.4, -0.2) is 22.6 Å². The number of methoxy groups -OCH3 is 1. The van der Waals surface area contributed by atoms with Gasteiger partial charge in [-0.1, -0.05) is 36.4 Å². The van der Waals surface area contributed by atoms with Crippen LogP contribution in [0, 0.1) is 6.92 Å². The van der Waals surface area contributed by atoms with Gasteiger partial charge >= 0.3 is 5.76 Å². The Morgan fingerprint density at radius 2 is 1.78 bits per heavy atom. The number of anilines is 1. The maximum Gasteiger partial charge on any atom is 0.441 e. The lowest BCUT2D eigenvalue weighted by molar-refractivity contribution is 0.414. The zero-order valence-electron chi connectivity index (χ0n) is 17.8. The molecule has 0 fully saturated rings. The van der Waals surface area contributed by atoms with Crippen LogP contribution in [0.4, 0.5) is 11.4 Å². The Morgan fingerprint density at radius 3 is 2.47 bits per heavy atom. The van der Waals surface area contributed by atoms with Crippen molar-refractivity contribution < 1.29 is 9.15 Å². The molecule has 1 aromatic heterocycles. The number of nitrogens with zero attached hydrogens (tertiary/aromatic N) is 3. The molecular weight excluding hydrogens is 404 g/mol. The molecule has 5 rings (SSSR count). The summed E-state index contributed by atoms with van der Waals surface area (Å²) in [6.45, 7) is 1.65. The number of rotatable bonds is 4. The Labute approximate surface area is 185 Å². The number of hydrogen-bond acceptors (Lipinski definition) is 6. The lowest BCUT2D eigenvalue weighted by atomic mass is 9.97. The molecule has 1 unspecified atom stereocenters. The molecule has 0 aliphatic carbocycles. The molecule has 0 saturated carbocycles. The maximum atomic E-state index is 11.9. The van der Waals surface area contributed by atoms with E-state index in [1.165, 1.54) is 4.68 Å². The predicted octanol–water partition coefficient (Wildman–Crippen LogP) is 4.82. The molecule has 7 nitrogen and oxygen atoms in total. The van der Waals surface area contributed by atoms with Crippen LogP contribution >= 0.6 is 0 Å². The Kier molecular flexibility index (Phi) is 5.07. The number of ether oxygens (including phenoxy) is 1. The summed E-state index contributed by atoms with van der Waals surface area (Å²) in [5.74, 6) is 0.655. The smallest absolute Gasteiger partial charge is 0.441 e. The fourth-order valence-electron chi connectivity index (χ4n) is 3.87. The molecule has 1 aliphatic heterocycles. The number of hydrogen-bond donors (Lipinski definition) is 1. The van der Waals surface area contributed by atoms with Gasteiger partial charge in [0.05, 0.1) is 35.9 Å². The number of nitrogens with one attached hydrogen (secondary N) is 1. The summed E-state index contributed by atoms with van der Waals surface area (Å²) in [6.07, 6.45) is 0.698. The second kappa shape index (κ2) is 8.19. The van der Waals surface area contributed by atoms with Crippen LogP contribution in [-0.2, 0) is 0 Å². The summed E-state index contributed by atoms with van der Waals surface area (Å²) in [4.78, 5) is 16.9. The zero-order valence-corrected chi connectivity index (χ0v) is 17.8. The first-order chi connectivity index (χ1) is 15.6. The minimum atomic E-state index is -0.500. The molecule has 0 amide bonds. The summed E-state index contributed by atoms with van der Waals surface area (Å²) in [5, 5.41) is 7.76. The fraction of sp³-hybridized carbons (Fsp3) is 0.160. The summed E-state index contributed by atoms with van der Waals surface area (Å²) in [6, 6.07) is 23.8. The van der Waals surface area contributed by atoms with Crippen LogP contribution < -0.4 is 15.8 Å². The van der Waals surface area contributed by atoms with Crippen molar-refractivity contribution in [1.82, 2.24) is 9.78 Å². The number of benzene rings is 3. The predicted molar refractivity (Wildman–Crippen MR) is 123 cm³/mol. The third kappa shape index (κ3) is 3.80. The van der Waals surface area contributed by atoms with Crippen LogP contribution in [0.25, 0.3) is 5.69 Å². The summed E-state index contributed by atoms with van der Waals surface area (Å²) in [7, 11) is 1.66. The molecule has 1 N–H and O–H groups in total. The summed E-state index contributed by atoms with van der Waals surface area (Å²) in [5.41, 5.74) is 5.62. The van der Waals surface area contributed by atoms with E-state index >= 15 is 0 Å². The van der Waals surface area contributed by atoms with Crippen LogP contribution in [0.1, 0.15) is 29.5 Å². The second-order valence-corrected chi connectivity index (χ2v) is 7.60. The molecule has 160 valence electrons. The van der Waals surface area contributed by atoms with E-state index in [-0.39, 0.29) is 6.04 Å². The first-order valence-corrected chi connectivity index (χ1v) is 10.4. The first kappa shape index (κ1) is 19.8. The quantitative estimate of drug-likeness (QED) is 0.506. The summed E-state index contributed by atoms with van der Waals surface area (Å²) < 4.78 is 11.6. The summed E-state index contributed by atoms with van der Waals surface area (Å²) >= 11 is 0. The van der Waals surface area contributed by atoms with Gasteiger partial charge in [-0.05, 0) is 47.5 Å². The van der Waals surface area contributed by atoms with Crippen LogP contribution in [0.5, 0.6) is 5.75 Å². The largest absolute Gasteiger partial charge is 0.497 e. The van der Waals surface area contributed by atoms with Crippen molar-refractivity contribution in [1.29, 1.82) is 0 Å². The first-order valence-electron chi connectivity index (χ1n) is 10.4. The Morgan fingerprint density at radius 1 is 1.03 bits per heavy atom. The Balaban J connectivity index is 1.52. The van der Waals surface area contributed by atoms with Crippen molar-refractivity contribution in [2.45, 2.75) is 19.4 Å². The van der Waals surface area contributed by atoms with Gasteiger partial charge in [0.15, 0.2) is 0 Å². The highest BCUT2D eigenvalue weighted by Gasteiger charge is 2.21. The van der Waals surface area contributed by atoms with E-state index in [1.807, 2.05) is 60.7 Å². The molecule has 32 heavy (non-hydrogen) atoms. The molecule has 0 bridgehead atoms. The maximum absolute atomic E-state index is 11.9. The molecule has 1 atom stereocenters. The fourth-order valence-corrected chi connectivity index (χ4v) is 3.87. The lowest BCUT2D eigenvalue weighted by Gasteiger charge is -2.19. The highest BCUT2D eigenvalue weighted by atomic mass is 16.5. The number of aliphatic imine (C=N–C) groups is 1. The highest BCUT2D eigenvalue weighted by Crippen LogP contribution is 2.35. The van der Waals surface area contributed by atoms with Crippen molar-refractivity contribution in [3.05, 3.63) is 100 Å². The highest BCUT2D eigenvalue weighted by molar-refractivity contribution is 6.04. The third-order valence-corrected chi connectivity index (χ3v) is 5.50. The number of fused-ring (bicyclic) bond motifs is 1. The number of para-hydroxylation sites is 2. The van der Waals surface area contributed by atoms with E-state index in [0.29, 0.717) is 18.0 Å². The molecule has 3 aromatic carbocycles. The van der Waals surface area contributed by atoms with E-state index in [2.05, 4.69) is 22.5 Å². The lowest BCUT2D eigenvalue weighted by Crippen LogP contribution is -2.15. The molecule has 4 aromatic rings. The van der Waals surface area contributed by atoms with Gasteiger partial charge < -0.3 is 14.5 Å². The van der Waals surface area contributed by atoms with Crippen LogP contribution in [0.2, 0.25) is 0 Å². The van der Waals surface area contributed by atoms with E-state index in [1.54, 1.807) is 14.0 Å². The van der Waals surface area contributed by atoms with Crippen molar-refractivity contribution in [3.8, 4) is 11.4 Å². The van der Waals surface area contributed by atoms with Gasteiger partial charge in [0.2, 0.25) is 5.89 Å². The van der Waals surface area contributed by atoms with Gasteiger partial charge in [-0.3, -0.25) is 4.99 Å². The molecule has 1 aliphatic rings. The minimum absolute atomic E-state index is 0.0452. The minimum Gasteiger partial charge on any atom is -0.497 e. The van der Waals surface area contributed by atoms with Crippen LogP contribution in [0.3, 0.4) is 0 Å². The van der Waals surface area contributed by atoms with Gasteiger partial charge in [0, 0.05) is 13.3 Å². The van der Waals surface area contributed by atoms with Crippen molar-refractivity contribution in [2.24, 2.45) is 4.99 Å². The zero-order chi connectivity index (χ0) is 22.1. The topological polar surface area (TPSA) is 81.7 Å². The van der Waals surface area contributed by atoms with Crippen molar-refractivity contribution in [2.75, 3.05) is 12.4 Å². The molecule has 0 saturated heterocycles. The number of aryl methyl sites for hydroxylation is 1. The second-order valence-electron chi connectivity index (χ2n) is 7.60. The Hall–Kier alpha value is -4.13. The number of aromatic nitrogens is 2. The average molecular weight is 426 g/mol. The van der Waals surface area contributed by atoms with Crippen molar-refractivity contribution in [3.63, 3.8) is 0 Å². The van der Waals surface area contributed by atoms with Gasteiger partial charge in [-0.15, -0.1) is 5.10 Å². The third-order valence-electron chi connectivity index (χ3n) is 5.50. The standard InChI is InChI=1S/C25H22N4O3/c1-16-28-29(25(30)32-16)19-11-7-17(8-12-19)23-15-24(18-9-13-20(31-2)14-10-18)27-22-6-4-3-5-21(22)26-23/h3-14,24,27H,15H2,1-2H3. The molecule has 0 radical (unpaired) electrons. The van der Waals surface area contributed by atoms with E-state index in [4.69, 9.17) is 14.1 Å². The monoisotopic (exact) mass is 426 g/mol. The van der Waals surface area contributed by atoms with Gasteiger partial charge in [0.1, 0.15) is 5.75 Å². The van der Waals surface area contributed by atoms with E-state index in [9.17, 15) is 4.79 Å². The molecule has 7 heteroatoms. The molecule has 2 heterocycles. The van der Waals surface area contributed by atoms with Gasteiger partial charge in [-0.25, -0.2) is 4.79 Å². The Bertz CT molecular complexity index is 1330. The van der Waals surface area contributed by atoms with Gasteiger partial charge in [-0.2, -0.15) is 4.68 Å². The molecular formula is C25H22N4O3. The van der Waals surface area contributed by atoms with Gasteiger partial charge in [0.25, 0.3) is 0 Å². The van der Waals surface area contributed by atoms with Crippen LogP contribution in [0.15, 0.2) is 87.0 Å². The van der Waals surface area contributed by atoms with Crippen molar-refractivity contribution >= 4 is 17.1 Å². The average Bonchev–Trinajstić information content (AvgIpc) is 3.04. The molecule has 0 spiro atoms.